The summed E-state index contributed by atoms with van der Waals surface area (Å²) in [5.74, 6) is 0.622. The highest BCUT2D eigenvalue weighted by Crippen LogP contribution is 2.23. The van der Waals surface area contributed by atoms with Crippen molar-refractivity contribution in [3.8, 4) is 11.4 Å². The van der Waals surface area contributed by atoms with Gasteiger partial charge in [0.1, 0.15) is 5.82 Å². The number of morpholine rings is 1. The number of carbonyl (C=O) groups is 1. The number of thioether (sulfide) groups is 1. The molecule has 1 fully saturated rings. The highest BCUT2D eigenvalue weighted by atomic mass is 32.2. The summed E-state index contributed by atoms with van der Waals surface area (Å²) in [5.41, 5.74) is 0.659. The van der Waals surface area contributed by atoms with Gasteiger partial charge >= 0.3 is 0 Å². The van der Waals surface area contributed by atoms with E-state index in [4.69, 9.17) is 4.74 Å². The van der Waals surface area contributed by atoms with Crippen LogP contribution >= 0.6 is 11.8 Å². The number of benzene rings is 1. The molecule has 3 rings (SSSR count). The zero-order chi connectivity index (χ0) is 16.2. The van der Waals surface area contributed by atoms with E-state index < -0.39 is 0 Å². The summed E-state index contributed by atoms with van der Waals surface area (Å²) in [6, 6.07) is 6.21. The molecule has 8 heteroatoms. The third kappa shape index (κ3) is 3.70. The molecule has 6 nitrogen and oxygen atoms in total. The van der Waals surface area contributed by atoms with Gasteiger partial charge in [-0.1, -0.05) is 23.9 Å². The second kappa shape index (κ2) is 7.10. The molecule has 0 N–H and O–H groups in total. The zero-order valence-corrected chi connectivity index (χ0v) is 13.6. The van der Waals surface area contributed by atoms with Crippen LogP contribution in [-0.4, -0.2) is 57.6 Å². The van der Waals surface area contributed by atoms with Crippen molar-refractivity contribution in [1.82, 2.24) is 19.7 Å². The number of hydrogen-bond acceptors (Lipinski definition) is 5. The lowest BCUT2D eigenvalue weighted by Gasteiger charge is -2.26. The van der Waals surface area contributed by atoms with Crippen LogP contribution < -0.4 is 0 Å². The van der Waals surface area contributed by atoms with Gasteiger partial charge in [0, 0.05) is 25.7 Å². The van der Waals surface area contributed by atoms with Gasteiger partial charge in [0.15, 0.2) is 11.0 Å². The molecule has 0 saturated carbocycles. The predicted molar refractivity (Wildman–Crippen MR) is 84.5 cm³/mol. The lowest BCUT2D eigenvalue weighted by atomic mass is 10.2. The van der Waals surface area contributed by atoms with Crippen LogP contribution in [0.5, 0.6) is 0 Å². The van der Waals surface area contributed by atoms with E-state index >= 15 is 0 Å². The Hall–Kier alpha value is -1.93. The molecule has 23 heavy (non-hydrogen) atoms. The van der Waals surface area contributed by atoms with Crippen LogP contribution in [0.15, 0.2) is 29.4 Å². The summed E-state index contributed by atoms with van der Waals surface area (Å²) >= 11 is 1.33. The van der Waals surface area contributed by atoms with Gasteiger partial charge in [-0.15, -0.1) is 10.2 Å². The first kappa shape index (κ1) is 15.9. The first-order valence-corrected chi connectivity index (χ1v) is 8.27. The van der Waals surface area contributed by atoms with Gasteiger partial charge in [-0.05, 0) is 12.1 Å². The monoisotopic (exact) mass is 336 g/mol. The molecule has 1 aliphatic heterocycles. The summed E-state index contributed by atoms with van der Waals surface area (Å²) in [6.45, 7) is 2.44. The molecule has 0 aliphatic carbocycles. The van der Waals surface area contributed by atoms with Crippen LogP contribution in [0.25, 0.3) is 11.4 Å². The van der Waals surface area contributed by atoms with E-state index in [2.05, 4.69) is 10.2 Å². The fourth-order valence-corrected chi connectivity index (χ4v) is 3.16. The van der Waals surface area contributed by atoms with Crippen LogP contribution in [0.2, 0.25) is 0 Å². The first-order valence-electron chi connectivity index (χ1n) is 7.29. The Morgan fingerprint density at radius 1 is 1.35 bits per heavy atom. The molecule has 122 valence electrons. The molecule has 1 saturated heterocycles. The number of carbonyl (C=O) groups excluding carboxylic acids is 1. The van der Waals surface area contributed by atoms with Gasteiger partial charge in [0.25, 0.3) is 0 Å². The Morgan fingerprint density at radius 2 is 2.13 bits per heavy atom. The number of halogens is 1. The first-order chi connectivity index (χ1) is 11.1. The number of aromatic nitrogens is 3. The average Bonchev–Trinajstić information content (AvgIpc) is 2.94. The average molecular weight is 336 g/mol. The molecule has 0 spiro atoms. The van der Waals surface area contributed by atoms with Gasteiger partial charge in [-0.25, -0.2) is 4.39 Å². The quantitative estimate of drug-likeness (QED) is 0.793. The van der Waals surface area contributed by atoms with E-state index in [0.29, 0.717) is 48.6 Å². The Kier molecular flexibility index (Phi) is 4.92. The minimum absolute atomic E-state index is 0.0635. The normalized spacial score (nSPS) is 15.0. The Morgan fingerprint density at radius 3 is 2.87 bits per heavy atom. The fourth-order valence-electron chi connectivity index (χ4n) is 2.35. The maximum atomic E-state index is 13.3. The van der Waals surface area contributed by atoms with Crippen molar-refractivity contribution in [3.63, 3.8) is 0 Å². The van der Waals surface area contributed by atoms with E-state index in [0.717, 1.165) is 0 Å². The van der Waals surface area contributed by atoms with Crippen LogP contribution in [0.3, 0.4) is 0 Å². The van der Waals surface area contributed by atoms with Crippen molar-refractivity contribution < 1.29 is 13.9 Å². The predicted octanol–water partition coefficient (Wildman–Crippen LogP) is 1.57. The molecule has 0 atom stereocenters. The molecule has 0 bridgehead atoms. The van der Waals surface area contributed by atoms with E-state index in [-0.39, 0.29) is 11.7 Å². The number of ether oxygens (including phenoxy) is 1. The lowest BCUT2D eigenvalue weighted by Crippen LogP contribution is -2.41. The molecule has 1 aromatic carbocycles. The summed E-state index contributed by atoms with van der Waals surface area (Å²) in [6.07, 6.45) is 0. The Bertz CT molecular complexity index is 701. The largest absolute Gasteiger partial charge is 0.378 e. The van der Waals surface area contributed by atoms with Gasteiger partial charge in [-0.3, -0.25) is 4.79 Å². The van der Waals surface area contributed by atoms with E-state index in [9.17, 15) is 9.18 Å². The van der Waals surface area contributed by atoms with Crippen LogP contribution in [0.4, 0.5) is 4.39 Å². The van der Waals surface area contributed by atoms with Gasteiger partial charge < -0.3 is 14.2 Å². The lowest BCUT2D eigenvalue weighted by molar-refractivity contribution is -0.132. The van der Waals surface area contributed by atoms with E-state index in [1.807, 2.05) is 7.05 Å². The standard InChI is InChI=1S/C15H17FN4O2S/c1-19-14(11-3-2-4-12(16)9-11)17-18-15(19)23-10-13(21)20-5-7-22-8-6-20/h2-4,9H,5-8,10H2,1H3. The van der Waals surface area contributed by atoms with Crippen LogP contribution in [-0.2, 0) is 16.6 Å². The van der Waals surface area contributed by atoms with Crippen molar-refractivity contribution in [3.05, 3.63) is 30.1 Å². The minimum atomic E-state index is -0.317. The highest BCUT2D eigenvalue weighted by Gasteiger charge is 2.19. The fraction of sp³-hybridized carbons (Fsp3) is 0.400. The molecule has 1 aromatic heterocycles. The zero-order valence-electron chi connectivity index (χ0n) is 12.7. The summed E-state index contributed by atoms with van der Waals surface area (Å²) in [5, 5.41) is 8.83. The third-order valence-electron chi connectivity index (χ3n) is 3.61. The number of hydrogen-bond donors (Lipinski definition) is 0. The van der Waals surface area contributed by atoms with Crippen molar-refractivity contribution in [2.45, 2.75) is 5.16 Å². The highest BCUT2D eigenvalue weighted by molar-refractivity contribution is 7.99. The van der Waals surface area contributed by atoms with E-state index in [1.54, 1.807) is 21.6 Å². The molecule has 0 unspecified atom stereocenters. The minimum Gasteiger partial charge on any atom is -0.378 e. The summed E-state index contributed by atoms with van der Waals surface area (Å²) < 4.78 is 20.3. The van der Waals surface area contributed by atoms with Gasteiger partial charge in [0.2, 0.25) is 5.91 Å². The van der Waals surface area contributed by atoms with E-state index in [1.165, 1.54) is 23.9 Å². The van der Waals surface area contributed by atoms with Crippen LogP contribution in [0.1, 0.15) is 0 Å². The van der Waals surface area contributed by atoms with Crippen molar-refractivity contribution in [2.75, 3.05) is 32.1 Å². The number of rotatable bonds is 4. The van der Waals surface area contributed by atoms with Crippen LogP contribution in [0, 0.1) is 5.82 Å². The second-order valence-electron chi connectivity index (χ2n) is 5.16. The summed E-state index contributed by atoms with van der Waals surface area (Å²) in [7, 11) is 1.81. The second-order valence-corrected chi connectivity index (χ2v) is 6.10. The maximum Gasteiger partial charge on any atom is 0.233 e. The molecular formula is C15H17FN4O2S. The number of nitrogens with zero attached hydrogens (tertiary/aromatic N) is 4. The topological polar surface area (TPSA) is 60.2 Å². The maximum absolute atomic E-state index is 13.3. The van der Waals surface area contributed by atoms with Gasteiger partial charge in [-0.2, -0.15) is 0 Å². The SMILES string of the molecule is Cn1c(SCC(=O)N2CCOCC2)nnc1-c1cccc(F)c1. The Balaban J connectivity index is 1.66. The molecule has 2 heterocycles. The summed E-state index contributed by atoms with van der Waals surface area (Å²) in [4.78, 5) is 13.9. The molecule has 1 aliphatic rings. The van der Waals surface area contributed by atoms with Crippen molar-refractivity contribution in [1.29, 1.82) is 0 Å². The number of amides is 1. The van der Waals surface area contributed by atoms with Crippen molar-refractivity contribution in [2.24, 2.45) is 7.05 Å². The molecule has 2 aromatic rings. The molecule has 1 amide bonds. The van der Waals surface area contributed by atoms with Gasteiger partial charge in [0.05, 0.1) is 19.0 Å². The third-order valence-corrected chi connectivity index (χ3v) is 4.61. The molecular weight excluding hydrogens is 319 g/mol. The Labute approximate surface area is 137 Å². The van der Waals surface area contributed by atoms with Crippen molar-refractivity contribution >= 4 is 17.7 Å². The molecule has 0 radical (unpaired) electrons. The smallest absolute Gasteiger partial charge is 0.233 e.